The van der Waals surface area contributed by atoms with E-state index in [2.05, 4.69) is 33.0 Å². The second-order valence-electron chi connectivity index (χ2n) is 5.67. The Morgan fingerprint density at radius 3 is 1.75 bits per heavy atom. The summed E-state index contributed by atoms with van der Waals surface area (Å²) in [6.07, 6.45) is 0. The molecule has 0 aromatic rings. The smallest absolute Gasteiger partial charge is 0.237 e. The molecule has 3 N–H and O–H groups in total. The van der Waals surface area contributed by atoms with Gasteiger partial charge >= 0.3 is 0 Å². The van der Waals surface area contributed by atoms with Crippen LogP contribution in [0.2, 0.25) is 0 Å². The predicted molar refractivity (Wildman–Crippen MR) is 69.0 cm³/mol. The molecule has 16 heavy (non-hydrogen) atoms. The zero-order valence-electron chi connectivity index (χ0n) is 11.6. The molecular weight excluding hydrogens is 200 g/mol. The summed E-state index contributed by atoms with van der Waals surface area (Å²) in [5.74, 6) is 1.84. The number of nitrogens with two attached hydrogens (primary N) is 1. The summed E-state index contributed by atoms with van der Waals surface area (Å²) in [6, 6.07) is -0.389. The van der Waals surface area contributed by atoms with Gasteiger partial charge in [-0.25, -0.2) is 0 Å². The van der Waals surface area contributed by atoms with Gasteiger partial charge < -0.3 is 11.1 Å². The third kappa shape index (κ3) is 4.97. The van der Waals surface area contributed by atoms with Gasteiger partial charge in [-0.05, 0) is 23.7 Å². The molecule has 0 aliphatic carbocycles. The lowest BCUT2D eigenvalue weighted by Crippen LogP contribution is -2.46. The van der Waals surface area contributed by atoms with Crippen molar-refractivity contribution in [3.63, 3.8) is 0 Å². The van der Waals surface area contributed by atoms with Crippen molar-refractivity contribution in [3.8, 4) is 0 Å². The van der Waals surface area contributed by atoms with E-state index in [4.69, 9.17) is 5.73 Å². The molecule has 96 valence electrons. The van der Waals surface area contributed by atoms with Crippen LogP contribution in [0.3, 0.4) is 0 Å². The van der Waals surface area contributed by atoms with E-state index in [0.717, 1.165) is 6.54 Å². The first kappa shape index (κ1) is 15.4. The summed E-state index contributed by atoms with van der Waals surface area (Å²) in [4.78, 5) is 11.7. The van der Waals surface area contributed by atoms with Crippen molar-refractivity contribution in [2.75, 3.05) is 6.54 Å². The number of nitrogens with one attached hydrogen (secondary N) is 1. The van der Waals surface area contributed by atoms with Gasteiger partial charge in [0.25, 0.3) is 0 Å². The average Bonchev–Trinajstić information content (AvgIpc) is 2.15. The van der Waals surface area contributed by atoms with Crippen molar-refractivity contribution in [2.24, 2.45) is 29.4 Å². The summed E-state index contributed by atoms with van der Waals surface area (Å²) in [7, 11) is 0. The molecule has 0 radical (unpaired) electrons. The Morgan fingerprint density at radius 1 is 1.00 bits per heavy atom. The Kier molecular flexibility index (Phi) is 6.65. The highest BCUT2D eigenvalue weighted by molar-refractivity contribution is 5.81. The summed E-state index contributed by atoms with van der Waals surface area (Å²) < 4.78 is 0. The second kappa shape index (κ2) is 6.89. The molecule has 3 heteroatoms. The normalized spacial score (nSPS) is 13.9. The Hall–Kier alpha value is -0.570. The van der Waals surface area contributed by atoms with Crippen molar-refractivity contribution in [1.29, 1.82) is 0 Å². The van der Waals surface area contributed by atoms with Gasteiger partial charge in [-0.2, -0.15) is 0 Å². The van der Waals surface area contributed by atoms with Gasteiger partial charge in [0.2, 0.25) is 5.91 Å². The number of rotatable bonds is 6. The van der Waals surface area contributed by atoms with E-state index in [1.54, 1.807) is 0 Å². The molecule has 0 saturated heterocycles. The highest BCUT2D eigenvalue weighted by Gasteiger charge is 2.21. The van der Waals surface area contributed by atoms with Crippen molar-refractivity contribution in [2.45, 2.75) is 47.6 Å². The molecule has 0 aliphatic rings. The van der Waals surface area contributed by atoms with Gasteiger partial charge in [-0.3, -0.25) is 4.79 Å². The summed E-state index contributed by atoms with van der Waals surface area (Å²) >= 11 is 0. The molecule has 1 amide bonds. The molecule has 1 atom stereocenters. The third-order valence-electron chi connectivity index (χ3n) is 3.25. The van der Waals surface area contributed by atoms with Gasteiger partial charge in [0, 0.05) is 6.54 Å². The van der Waals surface area contributed by atoms with Crippen molar-refractivity contribution in [3.05, 3.63) is 0 Å². The Balaban J connectivity index is 4.16. The van der Waals surface area contributed by atoms with Crippen LogP contribution in [0.5, 0.6) is 0 Å². The van der Waals surface area contributed by atoms with E-state index in [-0.39, 0.29) is 17.9 Å². The largest absolute Gasteiger partial charge is 0.354 e. The first-order valence-corrected chi connectivity index (χ1v) is 6.30. The highest BCUT2D eigenvalue weighted by Crippen LogP contribution is 2.19. The first-order valence-electron chi connectivity index (χ1n) is 6.30. The number of carbonyl (C=O) groups excluding carboxylic acids is 1. The average molecular weight is 228 g/mol. The second-order valence-corrected chi connectivity index (χ2v) is 5.67. The van der Waals surface area contributed by atoms with Gasteiger partial charge in [-0.1, -0.05) is 41.5 Å². The van der Waals surface area contributed by atoms with E-state index in [1.165, 1.54) is 0 Å². The molecule has 0 aromatic heterocycles. The van der Waals surface area contributed by atoms with Crippen LogP contribution in [-0.2, 0) is 4.79 Å². The third-order valence-corrected chi connectivity index (χ3v) is 3.25. The molecule has 0 spiro atoms. The van der Waals surface area contributed by atoms with E-state index in [1.807, 2.05) is 13.8 Å². The fourth-order valence-electron chi connectivity index (χ4n) is 1.88. The number of amides is 1. The molecule has 0 aromatic carbocycles. The van der Waals surface area contributed by atoms with Crippen LogP contribution in [0.4, 0.5) is 0 Å². The maximum Gasteiger partial charge on any atom is 0.237 e. The number of hydrogen-bond donors (Lipinski definition) is 2. The molecule has 0 rings (SSSR count). The first-order chi connectivity index (χ1) is 7.27. The zero-order valence-corrected chi connectivity index (χ0v) is 11.6. The van der Waals surface area contributed by atoms with Crippen LogP contribution < -0.4 is 11.1 Å². The molecule has 0 fully saturated rings. The SMILES string of the molecule is CC(C)C(N)C(=O)NCC(C(C)C)C(C)C. The lowest BCUT2D eigenvalue weighted by molar-refractivity contribution is -0.123. The van der Waals surface area contributed by atoms with Gasteiger partial charge in [-0.15, -0.1) is 0 Å². The van der Waals surface area contributed by atoms with Crippen LogP contribution in [0.15, 0.2) is 0 Å². The van der Waals surface area contributed by atoms with Gasteiger partial charge in [0.1, 0.15) is 0 Å². The molecule has 1 unspecified atom stereocenters. The van der Waals surface area contributed by atoms with Crippen molar-refractivity contribution in [1.82, 2.24) is 5.32 Å². The Bertz CT molecular complexity index is 204. The Morgan fingerprint density at radius 2 is 1.44 bits per heavy atom. The molecule has 3 nitrogen and oxygen atoms in total. The van der Waals surface area contributed by atoms with Crippen LogP contribution in [0.25, 0.3) is 0 Å². The van der Waals surface area contributed by atoms with Crippen LogP contribution in [0, 0.1) is 23.7 Å². The van der Waals surface area contributed by atoms with E-state index < -0.39 is 0 Å². The predicted octanol–water partition coefficient (Wildman–Crippen LogP) is 2.01. The zero-order chi connectivity index (χ0) is 12.9. The fraction of sp³-hybridized carbons (Fsp3) is 0.923. The highest BCUT2D eigenvalue weighted by atomic mass is 16.2. The van der Waals surface area contributed by atoms with Crippen molar-refractivity contribution >= 4 is 5.91 Å². The Labute approximate surface area is 100 Å². The molecule has 0 aliphatic heterocycles. The number of carbonyl (C=O) groups is 1. The minimum atomic E-state index is -0.389. The fourth-order valence-corrected chi connectivity index (χ4v) is 1.88. The maximum atomic E-state index is 11.7. The molecule has 0 saturated carbocycles. The molecule has 0 heterocycles. The van der Waals surface area contributed by atoms with Crippen LogP contribution >= 0.6 is 0 Å². The van der Waals surface area contributed by atoms with E-state index in [0.29, 0.717) is 17.8 Å². The minimum absolute atomic E-state index is 0.0266. The van der Waals surface area contributed by atoms with E-state index >= 15 is 0 Å². The minimum Gasteiger partial charge on any atom is -0.354 e. The maximum absolute atomic E-state index is 11.7. The quantitative estimate of drug-likeness (QED) is 0.730. The van der Waals surface area contributed by atoms with Crippen LogP contribution in [-0.4, -0.2) is 18.5 Å². The monoisotopic (exact) mass is 228 g/mol. The van der Waals surface area contributed by atoms with Crippen LogP contribution in [0.1, 0.15) is 41.5 Å². The van der Waals surface area contributed by atoms with Gasteiger partial charge in [0.05, 0.1) is 6.04 Å². The lowest BCUT2D eigenvalue weighted by Gasteiger charge is -2.26. The molecular formula is C13H28N2O. The van der Waals surface area contributed by atoms with E-state index in [9.17, 15) is 4.79 Å². The summed E-state index contributed by atoms with van der Waals surface area (Å²) in [6.45, 7) is 13.4. The summed E-state index contributed by atoms with van der Waals surface area (Å²) in [5.41, 5.74) is 5.79. The summed E-state index contributed by atoms with van der Waals surface area (Å²) in [5, 5.41) is 2.96. The lowest BCUT2D eigenvalue weighted by atomic mass is 9.85. The topological polar surface area (TPSA) is 55.1 Å². The van der Waals surface area contributed by atoms with Gasteiger partial charge in [0.15, 0.2) is 0 Å². The molecule has 0 bridgehead atoms. The number of hydrogen-bond acceptors (Lipinski definition) is 2. The van der Waals surface area contributed by atoms with Crippen molar-refractivity contribution < 1.29 is 4.79 Å². The standard InChI is InChI=1S/C13H28N2O/c1-8(2)11(9(3)4)7-15-13(16)12(14)10(5)6/h8-12H,7,14H2,1-6H3,(H,15,16).